The van der Waals surface area contributed by atoms with Gasteiger partial charge < -0.3 is 10.2 Å². The molecule has 0 aliphatic carbocycles. The summed E-state index contributed by atoms with van der Waals surface area (Å²) >= 11 is 0. The summed E-state index contributed by atoms with van der Waals surface area (Å²) in [6.07, 6.45) is 1.28. The standard InChI is InChI=1S/C21H25NO3/c23-15-16-4-3-7-18(12-16)21(25)9-8-20(24)14-22-11-10-17-5-1-2-6-19(17)13-22/h1-7,12,20,23-24H,8-11,13-15H2. The van der Waals surface area contributed by atoms with Crippen LogP contribution < -0.4 is 0 Å². The average molecular weight is 339 g/mol. The minimum atomic E-state index is -0.504. The lowest BCUT2D eigenvalue weighted by atomic mass is 9.99. The summed E-state index contributed by atoms with van der Waals surface area (Å²) in [5, 5.41) is 19.5. The highest BCUT2D eigenvalue weighted by Crippen LogP contribution is 2.19. The molecule has 0 amide bonds. The number of nitrogens with zero attached hydrogens (tertiary/aromatic N) is 1. The maximum atomic E-state index is 12.3. The Morgan fingerprint density at radius 3 is 2.72 bits per heavy atom. The fourth-order valence-corrected chi connectivity index (χ4v) is 3.38. The van der Waals surface area contributed by atoms with Crippen LogP contribution in [0.4, 0.5) is 0 Å². The van der Waals surface area contributed by atoms with E-state index in [0.29, 0.717) is 24.9 Å². The van der Waals surface area contributed by atoms with Gasteiger partial charge in [0.05, 0.1) is 12.7 Å². The SMILES string of the molecule is O=C(CCC(O)CN1CCc2ccccc2C1)c1cccc(CO)c1. The Labute approximate surface area is 148 Å². The molecule has 0 spiro atoms. The van der Waals surface area contributed by atoms with Crippen LogP contribution in [0.5, 0.6) is 0 Å². The molecule has 0 bridgehead atoms. The van der Waals surface area contributed by atoms with E-state index in [9.17, 15) is 9.90 Å². The van der Waals surface area contributed by atoms with Crippen LogP contribution in [0, 0.1) is 0 Å². The molecule has 2 aromatic carbocycles. The second-order valence-corrected chi connectivity index (χ2v) is 6.73. The summed E-state index contributed by atoms with van der Waals surface area (Å²) < 4.78 is 0. The lowest BCUT2D eigenvalue weighted by Crippen LogP contribution is -2.36. The number of hydrogen-bond acceptors (Lipinski definition) is 4. The molecule has 2 N–H and O–H groups in total. The van der Waals surface area contributed by atoms with Gasteiger partial charge in [0.25, 0.3) is 0 Å². The molecule has 4 nitrogen and oxygen atoms in total. The van der Waals surface area contributed by atoms with Crippen molar-refractivity contribution in [2.45, 2.75) is 38.5 Å². The minimum Gasteiger partial charge on any atom is -0.392 e. The molecule has 0 saturated heterocycles. The molecule has 25 heavy (non-hydrogen) atoms. The third-order valence-electron chi connectivity index (χ3n) is 4.81. The molecule has 1 aliphatic heterocycles. The van der Waals surface area contributed by atoms with Gasteiger partial charge in [-0.1, -0.05) is 42.5 Å². The maximum absolute atomic E-state index is 12.3. The number of benzene rings is 2. The maximum Gasteiger partial charge on any atom is 0.162 e. The van der Waals surface area contributed by atoms with Crippen molar-refractivity contribution >= 4 is 5.78 Å². The zero-order valence-corrected chi connectivity index (χ0v) is 14.4. The molecule has 1 unspecified atom stereocenters. The van der Waals surface area contributed by atoms with Gasteiger partial charge in [-0.15, -0.1) is 0 Å². The summed E-state index contributed by atoms with van der Waals surface area (Å²) in [7, 11) is 0. The van der Waals surface area contributed by atoms with Gasteiger partial charge in [0.1, 0.15) is 0 Å². The number of fused-ring (bicyclic) bond motifs is 1. The number of ketones is 1. The van der Waals surface area contributed by atoms with Crippen molar-refractivity contribution in [1.29, 1.82) is 0 Å². The number of aliphatic hydroxyl groups excluding tert-OH is 2. The highest BCUT2D eigenvalue weighted by molar-refractivity contribution is 5.96. The molecular formula is C21H25NO3. The molecule has 132 valence electrons. The molecule has 0 aromatic heterocycles. The summed E-state index contributed by atoms with van der Waals surface area (Å²) in [4.78, 5) is 14.5. The van der Waals surface area contributed by atoms with Crippen LogP contribution in [0.3, 0.4) is 0 Å². The van der Waals surface area contributed by atoms with Crippen molar-refractivity contribution in [3.8, 4) is 0 Å². The lowest BCUT2D eigenvalue weighted by Gasteiger charge is -2.30. The Bertz CT molecular complexity index is 729. The minimum absolute atomic E-state index is 0.0124. The predicted octanol–water partition coefficient (Wildman–Crippen LogP) is 2.56. The zero-order chi connectivity index (χ0) is 17.6. The van der Waals surface area contributed by atoms with E-state index < -0.39 is 6.10 Å². The van der Waals surface area contributed by atoms with Crippen LogP contribution in [0.25, 0.3) is 0 Å². The first kappa shape index (κ1) is 17.8. The zero-order valence-electron chi connectivity index (χ0n) is 14.4. The van der Waals surface area contributed by atoms with E-state index in [1.165, 1.54) is 11.1 Å². The van der Waals surface area contributed by atoms with E-state index in [-0.39, 0.29) is 12.4 Å². The molecule has 1 heterocycles. The first-order chi connectivity index (χ1) is 12.2. The summed E-state index contributed by atoms with van der Waals surface area (Å²) in [5.41, 5.74) is 4.06. The first-order valence-corrected chi connectivity index (χ1v) is 8.86. The van der Waals surface area contributed by atoms with Gasteiger partial charge in [0.15, 0.2) is 5.78 Å². The van der Waals surface area contributed by atoms with Crippen LogP contribution in [0.15, 0.2) is 48.5 Å². The summed E-state index contributed by atoms with van der Waals surface area (Å²) in [6.45, 7) is 2.33. The topological polar surface area (TPSA) is 60.8 Å². The number of Topliss-reactive ketones (excluding diaryl/α,β-unsaturated/α-hetero) is 1. The van der Waals surface area contributed by atoms with Crippen LogP contribution in [0.1, 0.15) is 39.9 Å². The van der Waals surface area contributed by atoms with Gasteiger partial charge in [0, 0.05) is 31.6 Å². The second kappa shape index (κ2) is 8.39. The Morgan fingerprint density at radius 1 is 1.12 bits per heavy atom. The Balaban J connectivity index is 1.48. The number of β-amino-alcohol motifs (C(OH)–C–C–N with tert-alkyl or cyclic N) is 1. The summed E-state index contributed by atoms with van der Waals surface area (Å²) in [6, 6.07) is 15.5. The molecule has 0 radical (unpaired) electrons. The van der Waals surface area contributed by atoms with Gasteiger partial charge in [-0.3, -0.25) is 9.69 Å². The fraction of sp³-hybridized carbons (Fsp3) is 0.381. The molecule has 2 aromatic rings. The molecule has 0 fully saturated rings. The van der Waals surface area contributed by atoms with Gasteiger partial charge in [0.2, 0.25) is 0 Å². The van der Waals surface area contributed by atoms with E-state index in [1.807, 2.05) is 0 Å². The number of carbonyl (C=O) groups is 1. The smallest absolute Gasteiger partial charge is 0.162 e. The van der Waals surface area contributed by atoms with Gasteiger partial charge >= 0.3 is 0 Å². The third kappa shape index (κ3) is 4.75. The Morgan fingerprint density at radius 2 is 1.92 bits per heavy atom. The molecular weight excluding hydrogens is 314 g/mol. The van der Waals surface area contributed by atoms with E-state index in [1.54, 1.807) is 24.3 Å². The quantitative estimate of drug-likeness (QED) is 0.761. The van der Waals surface area contributed by atoms with Crippen molar-refractivity contribution < 1.29 is 15.0 Å². The number of carbonyl (C=O) groups excluding carboxylic acids is 1. The van der Waals surface area contributed by atoms with Crippen LogP contribution in [-0.4, -0.2) is 40.1 Å². The number of rotatable bonds is 7. The van der Waals surface area contributed by atoms with E-state index in [2.05, 4.69) is 29.2 Å². The van der Waals surface area contributed by atoms with Crippen LogP contribution in [0.2, 0.25) is 0 Å². The van der Waals surface area contributed by atoms with E-state index in [0.717, 1.165) is 25.1 Å². The van der Waals surface area contributed by atoms with E-state index in [4.69, 9.17) is 5.11 Å². The number of aliphatic hydroxyl groups is 2. The van der Waals surface area contributed by atoms with Crippen molar-refractivity contribution in [1.82, 2.24) is 4.90 Å². The van der Waals surface area contributed by atoms with Crippen molar-refractivity contribution in [2.24, 2.45) is 0 Å². The third-order valence-corrected chi connectivity index (χ3v) is 4.81. The molecule has 3 rings (SSSR count). The Hall–Kier alpha value is -2.01. The van der Waals surface area contributed by atoms with Gasteiger partial charge in [-0.2, -0.15) is 0 Å². The van der Waals surface area contributed by atoms with Crippen molar-refractivity contribution in [3.05, 3.63) is 70.8 Å². The molecule has 4 heteroatoms. The highest BCUT2D eigenvalue weighted by atomic mass is 16.3. The first-order valence-electron chi connectivity index (χ1n) is 8.86. The average Bonchev–Trinajstić information content (AvgIpc) is 2.66. The highest BCUT2D eigenvalue weighted by Gasteiger charge is 2.19. The lowest BCUT2D eigenvalue weighted by molar-refractivity contribution is 0.0836. The van der Waals surface area contributed by atoms with Crippen molar-refractivity contribution in [3.63, 3.8) is 0 Å². The van der Waals surface area contributed by atoms with E-state index >= 15 is 0 Å². The monoisotopic (exact) mass is 339 g/mol. The summed E-state index contributed by atoms with van der Waals surface area (Å²) in [5.74, 6) is 0.0124. The largest absolute Gasteiger partial charge is 0.392 e. The normalized spacial score (nSPS) is 15.6. The van der Waals surface area contributed by atoms with Crippen molar-refractivity contribution in [2.75, 3.05) is 13.1 Å². The van der Waals surface area contributed by atoms with Gasteiger partial charge in [-0.05, 0) is 35.6 Å². The predicted molar refractivity (Wildman–Crippen MR) is 97.4 cm³/mol. The number of hydrogen-bond donors (Lipinski definition) is 2. The van der Waals surface area contributed by atoms with Crippen LogP contribution in [-0.2, 0) is 19.6 Å². The second-order valence-electron chi connectivity index (χ2n) is 6.73. The molecule has 1 atom stereocenters. The molecule has 0 saturated carbocycles. The fourth-order valence-electron chi connectivity index (χ4n) is 3.38. The van der Waals surface area contributed by atoms with Crippen LogP contribution >= 0.6 is 0 Å². The van der Waals surface area contributed by atoms with Gasteiger partial charge in [-0.25, -0.2) is 0 Å². The Kier molecular flexibility index (Phi) is 5.97. The molecule has 1 aliphatic rings.